The molecule has 1 aliphatic rings. The van der Waals surface area contributed by atoms with Gasteiger partial charge in [-0.3, -0.25) is 4.90 Å². The van der Waals surface area contributed by atoms with E-state index in [9.17, 15) is 0 Å². The van der Waals surface area contributed by atoms with Gasteiger partial charge in [0.1, 0.15) is 0 Å². The lowest BCUT2D eigenvalue weighted by atomic mass is 10.2. The van der Waals surface area contributed by atoms with Crippen LogP contribution in [0.25, 0.3) is 0 Å². The molecular formula is C14H21ClN2O. The monoisotopic (exact) mass is 268 g/mol. The van der Waals surface area contributed by atoms with E-state index in [0.29, 0.717) is 6.04 Å². The molecule has 3 nitrogen and oxygen atoms in total. The molecule has 1 atom stereocenters. The SMILES string of the molecule is COCCN1CCC(NCc2ccc(Cl)cc2)C1. The van der Waals surface area contributed by atoms with Gasteiger partial charge in [0.15, 0.2) is 0 Å². The van der Waals surface area contributed by atoms with Crippen molar-refractivity contribution >= 4 is 11.6 Å². The predicted octanol–water partition coefficient (Wildman–Crippen LogP) is 2.15. The van der Waals surface area contributed by atoms with Crippen LogP contribution in [0.4, 0.5) is 0 Å². The van der Waals surface area contributed by atoms with E-state index in [2.05, 4.69) is 22.3 Å². The maximum atomic E-state index is 5.87. The second-order valence-electron chi connectivity index (χ2n) is 4.79. The third-order valence-corrected chi connectivity index (χ3v) is 3.64. The van der Waals surface area contributed by atoms with E-state index in [4.69, 9.17) is 16.3 Å². The molecule has 0 saturated carbocycles. The van der Waals surface area contributed by atoms with E-state index < -0.39 is 0 Å². The number of benzene rings is 1. The van der Waals surface area contributed by atoms with Crippen LogP contribution in [0.3, 0.4) is 0 Å². The summed E-state index contributed by atoms with van der Waals surface area (Å²) in [5.41, 5.74) is 1.29. The number of rotatable bonds is 6. The number of hydrogen-bond donors (Lipinski definition) is 1. The molecule has 1 saturated heterocycles. The second-order valence-corrected chi connectivity index (χ2v) is 5.22. The lowest BCUT2D eigenvalue weighted by molar-refractivity contribution is 0.159. The number of nitrogens with one attached hydrogen (secondary N) is 1. The van der Waals surface area contributed by atoms with E-state index in [1.807, 2.05) is 12.1 Å². The Morgan fingerprint density at radius 2 is 2.17 bits per heavy atom. The van der Waals surface area contributed by atoms with Crippen LogP contribution in [0, 0.1) is 0 Å². The summed E-state index contributed by atoms with van der Waals surface area (Å²) in [7, 11) is 1.76. The van der Waals surface area contributed by atoms with Crippen molar-refractivity contribution in [3.63, 3.8) is 0 Å². The summed E-state index contributed by atoms with van der Waals surface area (Å²) in [5.74, 6) is 0. The molecule has 0 bridgehead atoms. The molecule has 4 heteroatoms. The average Bonchev–Trinajstić information content (AvgIpc) is 2.84. The van der Waals surface area contributed by atoms with Crippen LogP contribution in [0.5, 0.6) is 0 Å². The molecule has 1 aliphatic heterocycles. The molecule has 18 heavy (non-hydrogen) atoms. The summed E-state index contributed by atoms with van der Waals surface area (Å²) in [4.78, 5) is 2.45. The number of likely N-dealkylation sites (tertiary alicyclic amines) is 1. The Kier molecular flexibility index (Phi) is 5.45. The first kappa shape index (κ1) is 13.8. The van der Waals surface area contributed by atoms with Crippen molar-refractivity contribution in [2.24, 2.45) is 0 Å². The van der Waals surface area contributed by atoms with Crippen LogP contribution >= 0.6 is 11.6 Å². The molecule has 1 aromatic rings. The van der Waals surface area contributed by atoms with Gasteiger partial charge in [-0.25, -0.2) is 0 Å². The van der Waals surface area contributed by atoms with Crippen molar-refractivity contribution in [2.75, 3.05) is 33.4 Å². The Hall–Kier alpha value is -0.610. The van der Waals surface area contributed by atoms with E-state index in [-0.39, 0.29) is 0 Å². The number of methoxy groups -OCH3 is 1. The number of nitrogens with zero attached hydrogens (tertiary/aromatic N) is 1. The predicted molar refractivity (Wildman–Crippen MR) is 75.0 cm³/mol. The van der Waals surface area contributed by atoms with Gasteiger partial charge in [-0.2, -0.15) is 0 Å². The van der Waals surface area contributed by atoms with Gasteiger partial charge in [0.2, 0.25) is 0 Å². The second kappa shape index (κ2) is 7.10. The normalized spacial score (nSPS) is 20.4. The van der Waals surface area contributed by atoms with Crippen molar-refractivity contribution in [3.8, 4) is 0 Å². The Morgan fingerprint density at radius 3 is 2.89 bits per heavy atom. The van der Waals surface area contributed by atoms with Crippen LogP contribution in [0.1, 0.15) is 12.0 Å². The van der Waals surface area contributed by atoms with Crippen molar-refractivity contribution in [1.82, 2.24) is 10.2 Å². The van der Waals surface area contributed by atoms with E-state index >= 15 is 0 Å². The molecule has 1 heterocycles. The molecule has 100 valence electrons. The van der Waals surface area contributed by atoms with Crippen molar-refractivity contribution in [3.05, 3.63) is 34.9 Å². The van der Waals surface area contributed by atoms with Crippen LogP contribution < -0.4 is 5.32 Å². The first-order valence-corrected chi connectivity index (χ1v) is 6.85. The average molecular weight is 269 g/mol. The fraction of sp³-hybridized carbons (Fsp3) is 0.571. The highest BCUT2D eigenvalue weighted by molar-refractivity contribution is 6.30. The summed E-state index contributed by atoms with van der Waals surface area (Å²) in [6.45, 7) is 5.07. The summed E-state index contributed by atoms with van der Waals surface area (Å²) < 4.78 is 5.10. The lowest BCUT2D eigenvalue weighted by Crippen LogP contribution is -2.33. The van der Waals surface area contributed by atoms with Gasteiger partial charge < -0.3 is 10.1 Å². The van der Waals surface area contributed by atoms with E-state index in [1.165, 1.54) is 18.5 Å². The van der Waals surface area contributed by atoms with Crippen LogP contribution in [-0.4, -0.2) is 44.3 Å². The molecular weight excluding hydrogens is 248 g/mol. The molecule has 0 amide bonds. The third kappa shape index (κ3) is 4.25. The topological polar surface area (TPSA) is 24.5 Å². The van der Waals surface area contributed by atoms with Crippen LogP contribution in [-0.2, 0) is 11.3 Å². The molecule has 2 rings (SSSR count). The Balaban J connectivity index is 1.70. The van der Waals surface area contributed by atoms with Crippen LogP contribution in [0.2, 0.25) is 5.02 Å². The summed E-state index contributed by atoms with van der Waals surface area (Å²) in [6, 6.07) is 8.63. The summed E-state index contributed by atoms with van der Waals surface area (Å²) >= 11 is 5.87. The molecule has 0 radical (unpaired) electrons. The maximum absolute atomic E-state index is 5.87. The van der Waals surface area contributed by atoms with E-state index in [1.54, 1.807) is 7.11 Å². The van der Waals surface area contributed by atoms with E-state index in [0.717, 1.165) is 31.3 Å². The van der Waals surface area contributed by atoms with Gasteiger partial charge in [0, 0.05) is 37.8 Å². The van der Waals surface area contributed by atoms with Crippen molar-refractivity contribution < 1.29 is 4.74 Å². The first-order valence-electron chi connectivity index (χ1n) is 6.47. The van der Waals surface area contributed by atoms with Gasteiger partial charge in [0.25, 0.3) is 0 Å². The molecule has 0 aliphatic carbocycles. The number of hydrogen-bond acceptors (Lipinski definition) is 3. The van der Waals surface area contributed by atoms with Crippen molar-refractivity contribution in [2.45, 2.75) is 19.0 Å². The standard InChI is InChI=1S/C14H21ClN2O/c1-18-9-8-17-7-6-14(11-17)16-10-12-2-4-13(15)5-3-12/h2-5,14,16H,6-11H2,1H3. The molecule has 1 fully saturated rings. The zero-order valence-corrected chi connectivity index (χ0v) is 11.6. The minimum atomic E-state index is 0.595. The van der Waals surface area contributed by atoms with Gasteiger partial charge in [-0.1, -0.05) is 23.7 Å². The zero-order chi connectivity index (χ0) is 12.8. The highest BCUT2D eigenvalue weighted by Gasteiger charge is 2.21. The first-order chi connectivity index (χ1) is 8.78. The molecule has 1 aromatic carbocycles. The Labute approximate surface area is 114 Å². The highest BCUT2D eigenvalue weighted by Crippen LogP contribution is 2.12. The number of ether oxygens (including phenoxy) is 1. The van der Waals surface area contributed by atoms with Crippen molar-refractivity contribution in [1.29, 1.82) is 0 Å². The zero-order valence-electron chi connectivity index (χ0n) is 10.9. The highest BCUT2D eigenvalue weighted by atomic mass is 35.5. The fourth-order valence-corrected chi connectivity index (χ4v) is 2.41. The minimum absolute atomic E-state index is 0.595. The third-order valence-electron chi connectivity index (χ3n) is 3.39. The minimum Gasteiger partial charge on any atom is -0.383 e. The smallest absolute Gasteiger partial charge is 0.0589 e. The maximum Gasteiger partial charge on any atom is 0.0589 e. The molecule has 0 spiro atoms. The van der Waals surface area contributed by atoms with Gasteiger partial charge in [-0.05, 0) is 30.7 Å². The number of halogens is 1. The largest absolute Gasteiger partial charge is 0.383 e. The van der Waals surface area contributed by atoms with Gasteiger partial charge in [-0.15, -0.1) is 0 Å². The van der Waals surface area contributed by atoms with Gasteiger partial charge in [0.05, 0.1) is 6.61 Å². The Morgan fingerprint density at radius 1 is 1.39 bits per heavy atom. The molecule has 0 aromatic heterocycles. The van der Waals surface area contributed by atoms with Gasteiger partial charge >= 0.3 is 0 Å². The quantitative estimate of drug-likeness (QED) is 0.856. The summed E-state index contributed by atoms with van der Waals surface area (Å²) in [6.07, 6.45) is 1.22. The molecule has 1 N–H and O–H groups in total. The van der Waals surface area contributed by atoms with Crippen LogP contribution in [0.15, 0.2) is 24.3 Å². The Bertz CT molecular complexity index is 355. The molecule has 1 unspecified atom stereocenters. The summed E-state index contributed by atoms with van der Waals surface area (Å²) in [5, 5.41) is 4.39. The lowest BCUT2D eigenvalue weighted by Gasteiger charge is -2.16. The fourth-order valence-electron chi connectivity index (χ4n) is 2.29.